The quantitative estimate of drug-likeness (QED) is 0.711. The largest absolute Gasteiger partial charge is 0.393 e. The Labute approximate surface area is 88.1 Å². The summed E-state index contributed by atoms with van der Waals surface area (Å²) < 4.78 is 0. The van der Waals surface area contributed by atoms with Gasteiger partial charge in [0.1, 0.15) is 0 Å². The molecule has 2 heteroatoms. The van der Waals surface area contributed by atoms with Crippen molar-refractivity contribution in [3.63, 3.8) is 0 Å². The molecule has 3 unspecified atom stereocenters. The van der Waals surface area contributed by atoms with Gasteiger partial charge in [-0.25, -0.2) is 0 Å². The van der Waals surface area contributed by atoms with Crippen molar-refractivity contribution in [2.45, 2.75) is 52.1 Å². The third-order valence-corrected chi connectivity index (χ3v) is 3.30. The van der Waals surface area contributed by atoms with Gasteiger partial charge in [0.25, 0.3) is 0 Å². The summed E-state index contributed by atoms with van der Waals surface area (Å²) in [5.41, 5.74) is 0. The first kappa shape index (κ1) is 12.0. The summed E-state index contributed by atoms with van der Waals surface area (Å²) >= 11 is 0. The highest BCUT2D eigenvalue weighted by Gasteiger charge is 2.22. The molecule has 0 amide bonds. The Hall–Kier alpha value is -0.0800. The number of piperidine rings is 1. The Bertz CT molecular complexity index is 143. The van der Waals surface area contributed by atoms with Gasteiger partial charge in [0, 0.05) is 6.54 Å². The lowest BCUT2D eigenvalue weighted by molar-refractivity contribution is 0.0696. The number of nitrogens with one attached hydrogen (secondary N) is 1. The van der Waals surface area contributed by atoms with Gasteiger partial charge in [-0.15, -0.1) is 0 Å². The van der Waals surface area contributed by atoms with E-state index in [9.17, 15) is 5.11 Å². The molecule has 0 spiro atoms. The number of aliphatic hydroxyl groups excluding tert-OH is 1. The van der Waals surface area contributed by atoms with Crippen molar-refractivity contribution in [2.24, 2.45) is 11.8 Å². The lowest BCUT2D eigenvalue weighted by atomic mass is 9.87. The van der Waals surface area contributed by atoms with Crippen molar-refractivity contribution in [2.75, 3.05) is 13.1 Å². The normalized spacial score (nSPS) is 27.2. The molecule has 0 aromatic carbocycles. The second-order valence-electron chi connectivity index (χ2n) is 4.80. The van der Waals surface area contributed by atoms with Crippen molar-refractivity contribution in [1.82, 2.24) is 5.32 Å². The Morgan fingerprint density at radius 2 is 2.29 bits per heavy atom. The van der Waals surface area contributed by atoms with E-state index < -0.39 is 0 Å². The number of hydrogen-bond donors (Lipinski definition) is 2. The Morgan fingerprint density at radius 1 is 1.50 bits per heavy atom. The standard InChI is InChI=1S/C12H25NO/c1-3-5-10(2)8-12(14)11-6-4-7-13-9-11/h10-14H,3-9H2,1-2H3. The number of aliphatic hydroxyl groups is 1. The highest BCUT2D eigenvalue weighted by atomic mass is 16.3. The third kappa shape index (κ3) is 3.97. The summed E-state index contributed by atoms with van der Waals surface area (Å²) in [7, 11) is 0. The molecule has 1 rings (SSSR count). The van der Waals surface area contributed by atoms with Crippen LogP contribution in [0.2, 0.25) is 0 Å². The van der Waals surface area contributed by atoms with Crippen molar-refractivity contribution in [1.29, 1.82) is 0 Å². The minimum atomic E-state index is -0.0793. The third-order valence-electron chi connectivity index (χ3n) is 3.30. The van der Waals surface area contributed by atoms with Crippen LogP contribution in [0, 0.1) is 11.8 Å². The predicted molar refractivity (Wildman–Crippen MR) is 60.3 cm³/mol. The Morgan fingerprint density at radius 3 is 2.86 bits per heavy atom. The monoisotopic (exact) mass is 199 g/mol. The molecule has 2 nitrogen and oxygen atoms in total. The van der Waals surface area contributed by atoms with E-state index in [0.29, 0.717) is 11.8 Å². The lowest BCUT2D eigenvalue weighted by Crippen LogP contribution is -2.37. The van der Waals surface area contributed by atoms with Gasteiger partial charge in [-0.05, 0) is 37.6 Å². The van der Waals surface area contributed by atoms with Crippen molar-refractivity contribution in [3.05, 3.63) is 0 Å². The van der Waals surface area contributed by atoms with Gasteiger partial charge in [0.05, 0.1) is 6.10 Å². The molecule has 0 aliphatic carbocycles. The van der Waals surface area contributed by atoms with Crippen LogP contribution in [0.15, 0.2) is 0 Å². The second-order valence-corrected chi connectivity index (χ2v) is 4.80. The van der Waals surface area contributed by atoms with Crippen LogP contribution in [0.3, 0.4) is 0 Å². The fourth-order valence-electron chi connectivity index (χ4n) is 2.42. The van der Waals surface area contributed by atoms with Gasteiger partial charge in [0.2, 0.25) is 0 Å². The van der Waals surface area contributed by atoms with Gasteiger partial charge in [-0.1, -0.05) is 26.7 Å². The zero-order valence-corrected chi connectivity index (χ0v) is 9.63. The van der Waals surface area contributed by atoms with E-state index in [4.69, 9.17) is 0 Å². The smallest absolute Gasteiger partial charge is 0.0583 e. The zero-order chi connectivity index (χ0) is 10.4. The molecule has 1 fully saturated rings. The summed E-state index contributed by atoms with van der Waals surface area (Å²) in [6, 6.07) is 0. The number of rotatable bonds is 5. The minimum Gasteiger partial charge on any atom is -0.393 e. The Balaban J connectivity index is 2.21. The van der Waals surface area contributed by atoms with Gasteiger partial charge in [0.15, 0.2) is 0 Å². The van der Waals surface area contributed by atoms with Crippen molar-refractivity contribution < 1.29 is 5.11 Å². The Kier molecular flexibility index (Phi) is 5.49. The topological polar surface area (TPSA) is 32.3 Å². The summed E-state index contributed by atoms with van der Waals surface area (Å²) in [6.45, 7) is 6.61. The molecule has 1 saturated heterocycles. The maximum atomic E-state index is 10.0. The van der Waals surface area contributed by atoms with E-state index >= 15 is 0 Å². The fraction of sp³-hybridized carbons (Fsp3) is 1.00. The molecule has 2 N–H and O–H groups in total. The second kappa shape index (κ2) is 6.41. The highest BCUT2D eigenvalue weighted by Crippen LogP contribution is 2.21. The molecular weight excluding hydrogens is 174 g/mol. The maximum Gasteiger partial charge on any atom is 0.0583 e. The van der Waals surface area contributed by atoms with Crippen LogP contribution in [0.4, 0.5) is 0 Å². The first-order valence-electron chi connectivity index (χ1n) is 6.12. The van der Waals surface area contributed by atoms with Crippen LogP contribution in [0.5, 0.6) is 0 Å². The van der Waals surface area contributed by atoms with E-state index in [-0.39, 0.29) is 6.10 Å². The van der Waals surface area contributed by atoms with E-state index in [1.54, 1.807) is 0 Å². The van der Waals surface area contributed by atoms with Crippen LogP contribution in [0.1, 0.15) is 46.0 Å². The molecular formula is C12H25NO. The fourth-order valence-corrected chi connectivity index (χ4v) is 2.42. The first-order chi connectivity index (χ1) is 6.74. The molecule has 1 aliphatic rings. The number of hydrogen-bond acceptors (Lipinski definition) is 2. The van der Waals surface area contributed by atoms with Gasteiger partial charge < -0.3 is 10.4 Å². The average molecular weight is 199 g/mol. The van der Waals surface area contributed by atoms with E-state index in [1.807, 2.05) is 0 Å². The predicted octanol–water partition coefficient (Wildman–Crippen LogP) is 2.17. The molecule has 0 saturated carbocycles. The van der Waals surface area contributed by atoms with Crippen LogP contribution < -0.4 is 5.32 Å². The average Bonchev–Trinajstić information content (AvgIpc) is 2.19. The molecule has 1 aliphatic heterocycles. The summed E-state index contributed by atoms with van der Waals surface area (Å²) in [4.78, 5) is 0. The van der Waals surface area contributed by atoms with Gasteiger partial charge in [-0.3, -0.25) is 0 Å². The van der Waals surface area contributed by atoms with Gasteiger partial charge in [-0.2, -0.15) is 0 Å². The molecule has 84 valence electrons. The summed E-state index contributed by atoms with van der Waals surface area (Å²) in [5.74, 6) is 1.18. The lowest BCUT2D eigenvalue weighted by Gasteiger charge is -2.28. The molecule has 14 heavy (non-hydrogen) atoms. The van der Waals surface area contributed by atoms with Gasteiger partial charge >= 0.3 is 0 Å². The minimum absolute atomic E-state index is 0.0793. The van der Waals surface area contributed by atoms with Crippen molar-refractivity contribution >= 4 is 0 Å². The molecule has 3 atom stereocenters. The van der Waals surface area contributed by atoms with Crippen molar-refractivity contribution in [3.8, 4) is 0 Å². The SMILES string of the molecule is CCCC(C)CC(O)C1CCCNC1. The summed E-state index contributed by atoms with van der Waals surface area (Å²) in [5, 5.41) is 13.4. The zero-order valence-electron chi connectivity index (χ0n) is 9.63. The molecule has 1 heterocycles. The van der Waals surface area contributed by atoms with Crippen LogP contribution in [0.25, 0.3) is 0 Å². The van der Waals surface area contributed by atoms with Crippen LogP contribution in [-0.4, -0.2) is 24.3 Å². The maximum absolute atomic E-state index is 10.0. The molecule has 0 aromatic heterocycles. The summed E-state index contributed by atoms with van der Waals surface area (Å²) in [6.07, 6.45) is 5.81. The van der Waals surface area contributed by atoms with Crippen LogP contribution in [-0.2, 0) is 0 Å². The van der Waals surface area contributed by atoms with E-state index in [1.165, 1.54) is 25.7 Å². The van der Waals surface area contributed by atoms with E-state index in [2.05, 4.69) is 19.2 Å². The highest BCUT2D eigenvalue weighted by molar-refractivity contribution is 4.76. The first-order valence-corrected chi connectivity index (χ1v) is 6.12. The van der Waals surface area contributed by atoms with E-state index in [0.717, 1.165) is 19.5 Å². The molecule has 0 bridgehead atoms. The molecule has 0 radical (unpaired) electrons. The van der Waals surface area contributed by atoms with Crippen LogP contribution >= 0.6 is 0 Å². The molecule has 0 aromatic rings.